The molecule has 7 heteroatoms. The predicted molar refractivity (Wildman–Crippen MR) is 91.1 cm³/mol. The van der Waals surface area contributed by atoms with Crippen LogP contribution in [0.4, 0.5) is 0 Å². The zero-order valence-corrected chi connectivity index (χ0v) is 13.8. The van der Waals surface area contributed by atoms with Gasteiger partial charge in [0.15, 0.2) is 0 Å². The van der Waals surface area contributed by atoms with Gasteiger partial charge in [-0.05, 0) is 25.1 Å². The highest BCUT2D eigenvalue weighted by molar-refractivity contribution is 6.38. The Balaban J connectivity index is 1.75. The molecule has 0 saturated carbocycles. The van der Waals surface area contributed by atoms with Gasteiger partial charge in [-0.15, -0.1) is 0 Å². The molecule has 0 saturated heterocycles. The molecule has 120 valence electrons. The lowest BCUT2D eigenvalue weighted by Gasteiger charge is -1.97. The van der Waals surface area contributed by atoms with E-state index in [2.05, 4.69) is 20.1 Å². The lowest BCUT2D eigenvalue weighted by Crippen LogP contribution is -1.88. The predicted octanol–water partition coefficient (Wildman–Crippen LogP) is 4.25. The van der Waals surface area contributed by atoms with Crippen LogP contribution in [0.25, 0.3) is 33.9 Å². The average molecular weight is 341 g/mol. The Morgan fingerprint density at radius 2 is 2.08 bits per heavy atom. The molecule has 1 N–H and O–H groups in total. The van der Waals surface area contributed by atoms with Gasteiger partial charge in [0.05, 0.1) is 12.1 Å². The number of rotatable bonds is 3. The number of hydrogen-bond donors (Lipinski definition) is 1. The first-order valence-corrected chi connectivity index (χ1v) is 7.66. The minimum Gasteiger partial charge on any atom is -0.481 e. The molecule has 0 unspecified atom stereocenters. The normalized spacial score (nSPS) is 11.1. The van der Waals surface area contributed by atoms with Crippen LogP contribution in [0.15, 0.2) is 41.1 Å². The van der Waals surface area contributed by atoms with Gasteiger partial charge in [-0.1, -0.05) is 28.4 Å². The summed E-state index contributed by atoms with van der Waals surface area (Å²) in [7, 11) is 1.56. The van der Waals surface area contributed by atoms with Gasteiger partial charge in [-0.25, -0.2) is 4.98 Å². The van der Waals surface area contributed by atoms with Gasteiger partial charge in [0, 0.05) is 28.7 Å². The Morgan fingerprint density at radius 1 is 1.21 bits per heavy atom. The Hall–Kier alpha value is -2.86. The van der Waals surface area contributed by atoms with Crippen molar-refractivity contribution in [2.45, 2.75) is 6.92 Å². The summed E-state index contributed by atoms with van der Waals surface area (Å²) in [6.07, 6.45) is 1.63. The largest absolute Gasteiger partial charge is 0.481 e. The number of nitrogens with one attached hydrogen (secondary N) is 1. The molecule has 0 spiro atoms. The molecule has 4 rings (SSSR count). The SMILES string of the molecule is COc1ccc(-c2noc(-c3[nH]c4ccc(C)cc4c3Cl)n2)cn1. The van der Waals surface area contributed by atoms with Gasteiger partial charge < -0.3 is 14.2 Å². The van der Waals surface area contributed by atoms with Crippen molar-refractivity contribution >= 4 is 22.5 Å². The number of fused-ring (bicyclic) bond motifs is 1. The highest BCUT2D eigenvalue weighted by atomic mass is 35.5. The molecular formula is C17H13ClN4O2. The molecular weight excluding hydrogens is 328 g/mol. The third-order valence-corrected chi connectivity index (χ3v) is 4.13. The Labute approximate surface area is 142 Å². The number of nitrogens with zero attached hydrogens (tertiary/aromatic N) is 3. The number of halogens is 1. The zero-order chi connectivity index (χ0) is 16.7. The molecule has 4 aromatic rings. The van der Waals surface area contributed by atoms with E-state index >= 15 is 0 Å². The third-order valence-electron chi connectivity index (χ3n) is 3.73. The number of aromatic amines is 1. The number of aromatic nitrogens is 4. The summed E-state index contributed by atoms with van der Waals surface area (Å²) in [6.45, 7) is 2.02. The van der Waals surface area contributed by atoms with Gasteiger partial charge in [0.1, 0.15) is 5.69 Å². The highest BCUT2D eigenvalue weighted by Crippen LogP contribution is 2.34. The first kappa shape index (κ1) is 14.7. The van der Waals surface area contributed by atoms with Crippen molar-refractivity contribution in [3.8, 4) is 28.9 Å². The second kappa shape index (κ2) is 5.65. The van der Waals surface area contributed by atoms with E-state index < -0.39 is 0 Å². The molecule has 0 atom stereocenters. The van der Waals surface area contributed by atoms with Crippen LogP contribution in [-0.2, 0) is 0 Å². The maximum atomic E-state index is 6.47. The molecule has 0 amide bonds. The lowest BCUT2D eigenvalue weighted by atomic mass is 10.2. The number of hydrogen-bond acceptors (Lipinski definition) is 5. The van der Waals surface area contributed by atoms with Crippen LogP contribution in [0.1, 0.15) is 5.56 Å². The summed E-state index contributed by atoms with van der Waals surface area (Å²) in [5, 5.41) is 5.50. The van der Waals surface area contributed by atoms with Gasteiger partial charge in [-0.3, -0.25) is 0 Å². The fourth-order valence-electron chi connectivity index (χ4n) is 2.50. The van der Waals surface area contributed by atoms with Crippen LogP contribution in [0.2, 0.25) is 5.02 Å². The summed E-state index contributed by atoms with van der Waals surface area (Å²) in [5.74, 6) is 1.29. The third kappa shape index (κ3) is 2.41. The minimum absolute atomic E-state index is 0.333. The molecule has 0 aliphatic heterocycles. The van der Waals surface area contributed by atoms with E-state index in [1.54, 1.807) is 19.4 Å². The number of benzene rings is 1. The number of H-pyrrole nitrogens is 1. The summed E-state index contributed by atoms with van der Waals surface area (Å²) in [6, 6.07) is 9.56. The van der Waals surface area contributed by atoms with E-state index in [-0.39, 0.29) is 0 Å². The van der Waals surface area contributed by atoms with Crippen LogP contribution in [0, 0.1) is 6.92 Å². The van der Waals surface area contributed by atoms with Crippen molar-refractivity contribution in [1.82, 2.24) is 20.1 Å². The molecule has 0 fully saturated rings. The van der Waals surface area contributed by atoms with E-state index in [1.165, 1.54) is 0 Å². The van der Waals surface area contributed by atoms with E-state index in [9.17, 15) is 0 Å². The number of ether oxygens (including phenoxy) is 1. The van der Waals surface area contributed by atoms with E-state index in [1.807, 2.05) is 31.2 Å². The average Bonchev–Trinajstić information content (AvgIpc) is 3.21. The maximum Gasteiger partial charge on any atom is 0.276 e. The van der Waals surface area contributed by atoms with Crippen LogP contribution in [-0.4, -0.2) is 27.2 Å². The molecule has 0 radical (unpaired) electrons. The molecule has 6 nitrogen and oxygen atoms in total. The summed E-state index contributed by atoms with van der Waals surface area (Å²) in [5.41, 5.74) is 3.39. The molecule has 24 heavy (non-hydrogen) atoms. The summed E-state index contributed by atoms with van der Waals surface area (Å²) < 4.78 is 10.4. The Kier molecular flexibility index (Phi) is 3.46. The van der Waals surface area contributed by atoms with Crippen molar-refractivity contribution in [2.24, 2.45) is 0 Å². The molecule has 0 aliphatic rings. The van der Waals surface area contributed by atoms with E-state index in [0.717, 1.165) is 22.0 Å². The maximum absolute atomic E-state index is 6.47. The summed E-state index contributed by atoms with van der Waals surface area (Å²) in [4.78, 5) is 11.8. The van der Waals surface area contributed by atoms with Crippen molar-refractivity contribution in [2.75, 3.05) is 7.11 Å². The molecule has 1 aromatic carbocycles. The number of methoxy groups -OCH3 is 1. The van der Waals surface area contributed by atoms with Crippen LogP contribution in [0.3, 0.4) is 0 Å². The molecule has 0 aliphatic carbocycles. The highest BCUT2D eigenvalue weighted by Gasteiger charge is 2.18. The topological polar surface area (TPSA) is 76.8 Å². The quantitative estimate of drug-likeness (QED) is 0.603. The fourth-order valence-corrected chi connectivity index (χ4v) is 2.78. The smallest absolute Gasteiger partial charge is 0.276 e. The van der Waals surface area contributed by atoms with Crippen LogP contribution in [0.5, 0.6) is 5.88 Å². The van der Waals surface area contributed by atoms with Crippen LogP contribution >= 0.6 is 11.6 Å². The Bertz CT molecular complexity index is 1020. The molecule has 0 bridgehead atoms. The van der Waals surface area contributed by atoms with Gasteiger partial charge >= 0.3 is 0 Å². The van der Waals surface area contributed by atoms with Crippen molar-refractivity contribution < 1.29 is 9.26 Å². The van der Waals surface area contributed by atoms with E-state index in [0.29, 0.717) is 28.3 Å². The van der Waals surface area contributed by atoms with Gasteiger partial charge in [-0.2, -0.15) is 4.98 Å². The lowest BCUT2D eigenvalue weighted by molar-refractivity contribution is 0.398. The Morgan fingerprint density at radius 3 is 2.83 bits per heavy atom. The van der Waals surface area contributed by atoms with Crippen molar-refractivity contribution in [3.05, 3.63) is 47.1 Å². The van der Waals surface area contributed by atoms with E-state index in [4.69, 9.17) is 20.9 Å². The standard InChI is InChI=1S/C17H13ClN4O2/c1-9-3-5-12-11(7-9)14(18)15(20-12)17-21-16(22-24-17)10-4-6-13(23-2)19-8-10/h3-8,20H,1-2H3. The first-order chi connectivity index (χ1) is 11.7. The van der Waals surface area contributed by atoms with Gasteiger partial charge in [0.2, 0.25) is 11.7 Å². The zero-order valence-electron chi connectivity index (χ0n) is 13.0. The number of aryl methyl sites for hydroxylation is 1. The van der Waals surface area contributed by atoms with Gasteiger partial charge in [0.25, 0.3) is 5.89 Å². The number of pyridine rings is 1. The first-order valence-electron chi connectivity index (χ1n) is 7.28. The van der Waals surface area contributed by atoms with Crippen molar-refractivity contribution in [3.63, 3.8) is 0 Å². The monoisotopic (exact) mass is 340 g/mol. The molecule has 3 heterocycles. The molecule has 3 aromatic heterocycles. The van der Waals surface area contributed by atoms with Crippen LogP contribution < -0.4 is 4.74 Å². The summed E-state index contributed by atoms with van der Waals surface area (Å²) >= 11 is 6.47. The van der Waals surface area contributed by atoms with Crippen molar-refractivity contribution in [1.29, 1.82) is 0 Å². The second-order valence-corrected chi connectivity index (χ2v) is 5.75. The second-order valence-electron chi connectivity index (χ2n) is 5.38. The fraction of sp³-hybridized carbons (Fsp3) is 0.118. The minimum atomic E-state index is 0.333.